The first-order valence-corrected chi connectivity index (χ1v) is 10.5. The molecule has 0 fully saturated rings. The van der Waals surface area contributed by atoms with Crippen molar-refractivity contribution >= 4 is 80.8 Å². The minimum atomic E-state index is -4.39. The second kappa shape index (κ2) is 9.14. The van der Waals surface area contributed by atoms with Crippen LogP contribution in [0.5, 0.6) is 0 Å². The first-order valence-electron chi connectivity index (χ1n) is 7.93. The van der Waals surface area contributed by atoms with Gasteiger partial charge in [-0.05, 0) is 48.6 Å². The number of thiocarbonyl (C=S) groups is 1. The van der Waals surface area contributed by atoms with Crippen LogP contribution >= 0.6 is 58.8 Å². The number of halogens is 6. The Bertz CT molecular complexity index is 1010. The number of fused-ring (bicyclic) bond motifs is 1. The number of benzene rings is 2. The van der Waals surface area contributed by atoms with Gasteiger partial charge in [-0.15, -0.1) is 11.8 Å². The SMILES string of the molecule is FC(F)(F)c1ccc(NC(=S)N/N=C/C2=C(Cl)c3cc(Cl)cc(Cl)c3SC2)cc1. The first-order chi connectivity index (χ1) is 13.6. The van der Waals surface area contributed by atoms with Crippen molar-refractivity contribution in [3.8, 4) is 0 Å². The molecule has 1 aliphatic heterocycles. The van der Waals surface area contributed by atoms with E-state index in [1.807, 2.05) is 0 Å². The molecule has 0 saturated heterocycles. The molecule has 2 aromatic rings. The Balaban J connectivity index is 1.64. The maximum atomic E-state index is 12.6. The van der Waals surface area contributed by atoms with Crippen molar-refractivity contribution in [3.63, 3.8) is 0 Å². The predicted octanol–water partition coefficient (Wildman–Crippen LogP) is 7.04. The van der Waals surface area contributed by atoms with Crippen molar-refractivity contribution in [2.45, 2.75) is 11.1 Å². The van der Waals surface area contributed by atoms with Crippen LogP contribution in [0.3, 0.4) is 0 Å². The highest BCUT2D eigenvalue weighted by Crippen LogP contribution is 2.43. The molecule has 29 heavy (non-hydrogen) atoms. The lowest BCUT2D eigenvalue weighted by Gasteiger charge is -2.18. The van der Waals surface area contributed by atoms with Gasteiger partial charge in [-0.3, -0.25) is 5.43 Å². The van der Waals surface area contributed by atoms with Gasteiger partial charge in [0.1, 0.15) is 0 Å². The summed E-state index contributed by atoms with van der Waals surface area (Å²) in [5.74, 6) is 0.553. The van der Waals surface area contributed by atoms with E-state index >= 15 is 0 Å². The van der Waals surface area contributed by atoms with Gasteiger partial charge in [0.15, 0.2) is 5.11 Å². The number of hydrogen-bond donors (Lipinski definition) is 2. The van der Waals surface area contributed by atoms with Gasteiger partial charge in [-0.1, -0.05) is 34.8 Å². The number of alkyl halides is 3. The number of hydrogen-bond acceptors (Lipinski definition) is 3. The van der Waals surface area contributed by atoms with E-state index in [9.17, 15) is 13.2 Å². The maximum Gasteiger partial charge on any atom is 0.416 e. The summed E-state index contributed by atoms with van der Waals surface area (Å²) in [4.78, 5) is 0.852. The highest BCUT2D eigenvalue weighted by Gasteiger charge is 2.29. The van der Waals surface area contributed by atoms with Crippen molar-refractivity contribution in [1.29, 1.82) is 0 Å². The third kappa shape index (κ3) is 5.58. The lowest BCUT2D eigenvalue weighted by molar-refractivity contribution is -0.137. The molecular formula is C18H11Cl3F3N3S2. The Kier molecular flexibility index (Phi) is 7.01. The van der Waals surface area contributed by atoms with E-state index in [4.69, 9.17) is 47.0 Å². The molecular weight excluding hydrogens is 486 g/mol. The number of nitrogens with one attached hydrogen (secondary N) is 2. The largest absolute Gasteiger partial charge is 0.416 e. The van der Waals surface area contributed by atoms with Crippen LogP contribution < -0.4 is 10.7 Å². The summed E-state index contributed by atoms with van der Waals surface area (Å²) in [6.07, 6.45) is -2.87. The standard InChI is InChI=1S/C18H11Cl3F3N3S2/c19-11-5-13-15(21)9(8-29-16(13)14(20)6-11)7-25-27-17(28)26-12-3-1-10(2-4-12)18(22,23)24/h1-7H,8H2,(H2,26,27,28)/b25-7+. The summed E-state index contributed by atoms with van der Waals surface area (Å²) in [5.41, 5.74) is 3.73. The highest BCUT2D eigenvalue weighted by atomic mass is 35.5. The lowest BCUT2D eigenvalue weighted by atomic mass is 10.1. The van der Waals surface area contributed by atoms with E-state index in [1.165, 1.54) is 30.1 Å². The van der Waals surface area contributed by atoms with Gasteiger partial charge in [0.25, 0.3) is 0 Å². The zero-order chi connectivity index (χ0) is 21.2. The zero-order valence-corrected chi connectivity index (χ0v) is 18.2. The molecule has 1 aliphatic rings. The molecule has 0 aromatic heterocycles. The van der Waals surface area contributed by atoms with Crippen molar-refractivity contribution in [1.82, 2.24) is 5.43 Å². The molecule has 2 N–H and O–H groups in total. The predicted molar refractivity (Wildman–Crippen MR) is 119 cm³/mol. The van der Waals surface area contributed by atoms with Crippen LogP contribution in [-0.4, -0.2) is 17.1 Å². The normalized spacial score (nSPS) is 14.1. The minimum absolute atomic E-state index is 0.118. The summed E-state index contributed by atoms with van der Waals surface area (Å²) < 4.78 is 37.8. The van der Waals surface area contributed by atoms with E-state index in [1.54, 1.807) is 12.1 Å². The number of hydrazone groups is 1. The van der Waals surface area contributed by atoms with Crippen molar-refractivity contribution < 1.29 is 13.2 Å². The molecule has 2 aromatic carbocycles. The second-order valence-corrected chi connectivity index (χ2v) is 8.41. The molecule has 0 atom stereocenters. The van der Waals surface area contributed by atoms with Gasteiger partial charge >= 0.3 is 6.18 Å². The molecule has 152 valence electrons. The van der Waals surface area contributed by atoms with E-state index in [0.717, 1.165) is 28.2 Å². The summed E-state index contributed by atoms with van der Waals surface area (Å²) in [7, 11) is 0. The summed E-state index contributed by atoms with van der Waals surface area (Å²) in [6, 6.07) is 7.88. The molecule has 0 radical (unpaired) electrons. The van der Waals surface area contributed by atoms with Crippen molar-refractivity contribution in [2.75, 3.05) is 11.1 Å². The van der Waals surface area contributed by atoms with E-state index in [0.29, 0.717) is 26.5 Å². The molecule has 0 unspecified atom stereocenters. The Labute approximate surface area is 189 Å². The Morgan fingerprint density at radius 2 is 1.83 bits per heavy atom. The lowest BCUT2D eigenvalue weighted by Crippen LogP contribution is -2.24. The van der Waals surface area contributed by atoms with Crippen LogP contribution in [0.4, 0.5) is 18.9 Å². The average Bonchev–Trinajstić information content (AvgIpc) is 2.63. The molecule has 0 aliphatic carbocycles. The number of thioether (sulfide) groups is 1. The van der Waals surface area contributed by atoms with E-state index in [2.05, 4.69) is 15.8 Å². The van der Waals surface area contributed by atoms with Crippen LogP contribution in [-0.2, 0) is 6.18 Å². The Hall–Kier alpha value is -1.45. The molecule has 3 rings (SSSR count). The second-order valence-electron chi connectivity index (χ2n) is 5.79. The highest BCUT2D eigenvalue weighted by molar-refractivity contribution is 7.99. The summed E-state index contributed by atoms with van der Waals surface area (Å²) in [6.45, 7) is 0. The van der Waals surface area contributed by atoms with Gasteiger partial charge in [-0.2, -0.15) is 18.3 Å². The fourth-order valence-electron chi connectivity index (χ4n) is 2.42. The first kappa shape index (κ1) is 22.2. The fourth-order valence-corrected chi connectivity index (χ4v) is 4.68. The average molecular weight is 497 g/mol. The Morgan fingerprint density at radius 3 is 2.48 bits per heavy atom. The van der Waals surface area contributed by atoms with Gasteiger partial charge < -0.3 is 5.32 Å². The summed E-state index contributed by atoms with van der Waals surface area (Å²) >= 11 is 25.3. The molecule has 0 saturated carbocycles. The molecule has 0 spiro atoms. The molecule has 3 nitrogen and oxygen atoms in total. The molecule has 1 heterocycles. The van der Waals surface area contributed by atoms with Gasteiger partial charge in [0.05, 0.1) is 21.8 Å². The van der Waals surface area contributed by atoms with Crippen LogP contribution in [0.25, 0.3) is 5.03 Å². The third-order valence-electron chi connectivity index (χ3n) is 3.76. The maximum absolute atomic E-state index is 12.6. The monoisotopic (exact) mass is 495 g/mol. The van der Waals surface area contributed by atoms with Crippen molar-refractivity contribution in [2.24, 2.45) is 5.10 Å². The quantitative estimate of drug-likeness (QED) is 0.271. The number of nitrogens with zero attached hydrogens (tertiary/aromatic N) is 1. The van der Waals surface area contributed by atoms with Crippen LogP contribution in [0.2, 0.25) is 10.0 Å². The van der Waals surface area contributed by atoms with Gasteiger partial charge in [0.2, 0.25) is 0 Å². The number of anilines is 1. The van der Waals surface area contributed by atoms with Gasteiger partial charge in [-0.25, -0.2) is 0 Å². The van der Waals surface area contributed by atoms with Crippen LogP contribution in [0.15, 0.2) is 52.0 Å². The zero-order valence-electron chi connectivity index (χ0n) is 14.3. The minimum Gasteiger partial charge on any atom is -0.331 e. The van der Waals surface area contributed by atoms with Gasteiger partial charge in [0, 0.05) is 32.5 Å². The van der Waals surface area contributed by atoms with Crippen molar-refractivity contribution in [3.05, 3.63) is 63.1 Å². The number of rotatable bonds is 3. The van der Waals surface area contributed by atoms with E-state index < -0.39 is 11.7 Å². The fraction of sp³-hybridized carbons (Fsp3) is 0.111. The van der Waals surface area contributed by atoms with Crippen LogP contribution in [0, 0.1) is 0 Å². The molecule has 0 amide bonds. The third-order valence-corrected chi connectivity index (χ3v) is 6.21. The Morgan fingerprint density at radius 1 is 1.14 bits per heavy atom. The van der Waals surface area contributed by atoms with E-state index in [-0.39, 0.29) is 5.11 Å². The van der Waals surface area contributed by atoms with Crippen LogP contribution in [0.1, 0.15) is 11.1 Å². The summed E-state index contributed by atoms with van der Waals surface area (Å²) in [5, 5.41) is 8.40. The molecule has 0 bridgehead atoms. The molecule has 11 heteroatoms. The smallest absolute Gasteiger partial charge is 0.331 e. The topological polar surface area (TPSA) is 36.4 Å².